The van der Waals surface area contributed by atoms with Gasteiger partial charge in [-0.3, -0.25) is 4.79 Å². The molecule has 1 fully saturated rings. The van der Waals surface area contributed by atoms with Crippen molar-refractivity contribution in [1.29, 1.82) is 0 Å². The number of hydrogen-bond donors (Lipinski definition) is 2. The number of halogens is 1. The van der Waals surface area contributed by atoms with Gasteiger partial charge in [0.05, 0.1) is 18.0 Å². The van der Waals surface area contributed by atoms with Crippen LogP contribution in [0.3, 0.4) is 0 Å². The van der Waals surface area contributed by atoms with Crippen LogP contribution in [0.4, 0.5) is 10.1 Å². The van der Waals surface area contributed by atoms with Crippen LogP contribution in [0.15, 0.2) is 24.4 Å². The van der Waals surface area contributed by atoms with Crippen LogP contribution in [-0.4, -0.2) is 51.3 Å². The molecule has 0 saturated carbocycles. The molecule has 0 bridgehead atoms. The average molecular weight is 364 g/mol. The lowest BCUT2D eigenvalue weighted by Crippen LogP contribution is -2.21. The number of anilines is 1. The molecule has 2 heterocycles. The molecular formula is C16H17FN4O5. The molecule has 1 amide bonds. The van der Waals surface area contributed by atoms with E-state index in [0.717, 1.165) is 29.8 Å². The van der Waals surface area contributed by atoms with Gasteiger partial charge in [-0.1, -0.05) is 5.21 Å². The Balaban J connectivity index is 1.64. The highest BCUT2D eigenvalue weighted by Gasteiger charge is 2.18. The topological polar surface area (TPSA) is 116 Å². The molecule has 2 N–H and O–H groups in total. The summed E-state index contributed by atoms with van der Waals surface area (Å²) >= 11 is 0. The first kappa shape index (κ1) is 17.8. The molecule has 1 aromatic carbocycles. The first-order valence-electron chi connectivity index (χ1n) is 7.98. The summed E-state index contributed by atoms with van der Waals surface area (Å²) in [5.74, 6) is -1.98. The first-order chi connectivity index (χ1) is 12.5. The van der Waals surface area contributed by atoms with E-state index in [9.17, 15) is 14.0 Å². The van der Waals surface area contributed by atoms with Crippen molar-refractivity contribution >= 4 is 17.6 Å². The van der Waals surface area contributed by atoms with Gasteiger partial charge in [-0.15, -0.1) is 5.10 Å². The molecule has 9 nitrogen and oxygen atoms in total. The molecule has 10 heteroatoms. The van der Waals surface area contributed by atoms with E-state index in [1.54, 1.807) is 0 Å². The SMILES string of the molecule is O=C(Cn1cc(C(=O)O)nn1)Nc1cc(F)ccc1OCC1CCCO1. The standard InChI is InChI=1S/C16H17FN4O5/c17-10-3-4-14(26-9-11-2-1-5-25-11)12(6-10)18-15(22)8-21-7-13(16(23)24)19-20-21/h3-4,6-7,11H,1-2,5,8-9H2,(H,18,22)(H,23,24). The lowest BCUT2D eigenvalue weighted by molar-refractivity contribution is -0.116. The summed E-state index contributed by atoms with van der Waals surface area (Å²) < 4.78 is 25.7. The van der Waals surface area contributed by atoms with Gasteiger partial charge < -0.3 is 19.9 Å². The van der Waals surface area contributed by atoms with E-state index in [4.69, 9.17) is 14.6 Å². The largest absolute Gasteiger partial charge is 0.489 e. The minimum Gasteiger partial charge on any atom is -0.489 e. The highest BCUT2D eigenvalue weighted by Crippen LogP contribution is 2.26. The Morgan fingerprint density at radius 3 is 3.00 bits per heavy atom. The van der Waals surface area contributed by atoms with Gasteiger partial charge in [-0.2, -0.15) is 0 Å². The third-order valence-corrected chi connectivity index (χ3v) is 3.73. The number of rotatable bonds is 7. The van der Waals surface area contributed by atoms with Crippen LogP contribution in [-0.2, 0) is 16.1 Å². The van der Waals surface area contributed by atoms with Gasteiger partial charge in [0.2, 0.25) is 5.91 Å². The fraction of sp³-hybridized carbons (Fsp3) is 0.375. The average Bonchev–Trinajstić information content (AvgIpc) is 3.25. The number of benzene rings is 1. The molecule has 0 aliphatic carbocycles. The molecule has 1 atom stereocenters. The van der Waals surface area contributed by atoms with Crippen molar-refractivity contribution in [3.05, 3.63) is 35.9 Å². The van der Waals surface area contributed by atoms with Crippen LogP contribution in [0.25, 0.3) is 0 Å². The second-order valence-corrected chi connectivity index (χ2v) is 5.74. The minimum atomic E-state index is -1.24. The van der Waals surface area contributed by atoms with E-state index in [2.05, 4.69) is 15.6 Å². The maximum atomic E-state index is 13.5. The maximum absolute atomic E-state index is 13.5. The summed E-state index contributed by atoms with van der Waals surface area (Å²) in [6.45, 7) is 0.721. The number of nitrogens with one attached hydrogen (secondary N) is 1. The molecule has 3 rings (SSSR count). The molecule has 0 radical (unpaired) electrons. The number of carbonyl (C=O) groups is 2. The fourth-order valence-electron chi connectivity index (χ4n) is 2.49. The van der Waals surface area contributed by atoms with Crippen LogP contribution in [0.2, 0.25) is 0 Å². The van der Waals surface area contributed by atoms with Gasteiger partial charge in [-0.05, 0) is 25.0 Å². The highest BCUT2D eigenvalue weighted by molar-refractivity contribution is 5.92. The second kappa shape index (κ2) is 7.91. The molecule has 26 heavy (non-hydrogen) atoms. The van der Waals surface area contributed by atoms with E-state index < -0.39 is 17.7 Å². The van der Waals surface area contributed by atoms with Gasteiger partial charge in [0, 0.05) is 12.7 Å². The Morgan fingerprint density at radius 1 is 1.46 bits per heavy atom. The molecule has 0 spiro atoms. The van der Waals surface area contributed by atoms with Crippen LogP contribution in [0, 0.1) is 5.82 Å². The van der Waals surface area contributed by atoms with Gasteiger partial charge in [0.15, 0.2) is 5.69 Å². The van der Waals surface area contributed by atoms with Crippen molar-refractivity contribution in [2.24, 2.45) is 0 Å². The zero-order valence-electron chi connectivity index (χ0n) is 13.7. The molecule has 1 aliphatic rings. The van der Waals surface area contributed by atoms with E-state index in [-0.39, 0.29) is 24.0 Å². The molecule has 1 unspecified atom stereocenters. The number of carboxylic acids is 1. The molecule has 2 aromatic rings. The third kappa shape index (κ3) is 4.54. The van der Waals surface area contributed by atoms with E-state index >= 15 is 0 Å². The van der Waals surface area contributed by atoms with Crippen molar-refractivity contribution in [2.75, 3.05) is 18.5 Å². The maximum Gasteiger partial charge on any atom is 0.358 e. The quantitative estimate of drug-likeness (QED) is 0.761. The number of amides is 1. The lowest BCUT2D eigenvalue weighted by atomic mass is 10.2. The number of carbonyl (C=O) groups excluding carboxylic acids is 1. The van der Waals surface area contributed by atoms with Crippen molar-refractivity contribution in [3.8, 4) is 5.75 Å². The summed E-state index contributed by atoms with van der Waals surface area (Å²) in [6.07, 6.45) is 2.97. The fourth-order valence-corrected chi connectivity index (χ4v) is 2.49. The number of aromatic carboxylic acids is 1. The van der Waals surface area contributed by atoms with Crippen molar-refractivity contribution in [2.45, 2.75) is 25.5 Å². The smallest absolute Gasteiger partial charge is 0.358 e. The zero-order chi connectivity index (χ0) is 18.5. The Hall–Kier alpha value is -3.01. The van der Waals surface area contributed by atoms with Gasteiger partial charge >= 0.3 is 5.97 Å². The van der Waals surface area contributed by atoms with Crippen LogP contribution in [0.5, 0.6) is 5.75 Å². The van der Waals surface area contributed by atoms with Crippen molar-refractivity contribution < 1.29 is 28.6 Å². The summed E-state index contributed by atoms with van der Waals surface area (Å²) in [5.41, 5.74) is -0.101. The summed E-state index contributed by atoms with van der Waals surface area (Å²) in [5, 5.41) is 18.3. The first-order valence-corrected chi connectivity index (χ1v) is 7.98. The highest BCUT2D eigenvalue weighted by atomic mass is 19.1. The van der Waals surface area contributed by atoms with Crippen LogP contribution >= 0.6 is 0 Å². The molecule has 1 saturated heterocycles. The van der Waals surface area contributed by atoms with E-state index in [1.807, 2.05) is 0 Å². The van der Waals surface area contributed by atoms with Gasteiger partial charge in [0.1, 0.15) is 24.7 Å². The molecule has 1 aliphatic heterocycles. The van der Waals surface area contributed by atoms with Gasteiger partial charge in [-0.25, -0.2) is 13.9 Å². The zero-order valence-corrected chi connectivity index (χ0v) is 13.7. The molecule has 138 valence electrons. The predicted octanol–water partition coefficient (Wildman–Crippen LogP) is 1.31. The third-order valence-electron chi connectivity index (χ3n) is 3.73. The summed E-state index contributed by atoms with van der Waals surface area (Å²) in [6, 6.07) is 3.81. The van der Waals surface area contributed by atoms with E-state index in [0.29, 0.717) is 19.0 Å². The Labute approximate surface area is 147 Å². The normalized spacial score (nSPS) is 16.4. The van der Waals surface area contributed by atoms with Crippen LogP contribution in [0.1, 0.15) is 23.3 Å². The number of ether oxygens (including phenoxy) is 2. The Bertz CT molecular complexity index is 804. The number of carboxylic acid groups (broad SMARTS) is 1. The second-order valence-electron chi connectivity index (χ2n) is 5.74. The Morgan fingerprint density at radius 2 is 2.31 bits per heavy atom. The minimum absolute atomic E-state index is 0.0202. The Kier molecular flexibility index (Phi) is 5.42. The predicted molar refractivity (Wildman–Crippen MR) is 86.5 cm³/mol. The van der Waals surface area contributed by atoms with Gasteiger partial charge in [0.25, 0.3) is 0 Å². The number of nitrogens with zero attached hydrogens (tertiary/aromatic N) is 3. The monoisotopic (exact) mass is 364 g/mol. The molecule has 1 aromatic heterocycles. The van der Waals surface area contributed by atoms with Crippen molar-refractivity contribution in [1.82, 2.24) is 15.0 Å². The summed E-state index contributed by atoms with van der Waals surface area (Å²) in [7, 11) is 0. The number of aromatic nitrogens is 3. The van der Waals surface area contributed by atoms with E-state index in [1.165, 1.54) is 12.1 Å². The molecular weight excluding hydrogens is 347 g/mol. The van der Waals surface area contributed by atoms with Crippen LogP contribution < -0.4 is 10.1 Å². The van der Waals surface area contributed by atoms with Crippen molar-refractivity contribution in [3.63, 3.8) is 0 Å². The summed E-state index contributed by atoms with van der Waals surface area (Å²) in [4.78, 5) is 22.9. The number of hydrogen-bond acceptors (Lipinski definition) is 6. The lowest BCUT2D eigenvalue weighted by Gasteiger charge is -2.15.